The van der Waals surface area contributed by atoms with Gasteiger partial charge >= 0.3 is 0 Å². The second kappa shape index (κ2) is 12.2. The van der Waals surface area contributed by atoms with Gasteiger partial charge in [0, 0.05) is 53.3 Å². The number of fused-ring (bicyclic) bond motifs is 1. The van der Waals surface area contributed by atoms with E-state index in [4.69, 9.17) is 10.7 Å². The number of nitrogen functional groups attached to an aromatic ring is 1. The molecule has 1 aliphatic rings. The molecular weight excluding hydrogens is 558 g/mol. The molecule has 5 aromatic rings. The van der Waals surface area contributed by atoms with Crippen molar-refractivity contribution in [2.45, 2.75) is 18.9 Å². The van der Waals surface area contributed by atoms with E-state index in [1.807, 2.05) is 94.5 Å². The SMILES string of the molecule is CN(C)C/C=C/C(=O)N1CCC[C@H]1c1nc(-c2cccc(C(=O)Nc3ccc(-c4cccs4)cc3)c2)c2c(N)nccn12. The van der Waals surface area contributed by atoms with Crippen LogP contribution in [-0.4, -0.2) is 63.2 Å². The number of rotatable bonds is 8. The first-order valence-corrected chi connectivity index (χ1v) is 15.1. The number of carbonyl (C=O) groups excluding carboxylic acids is 2. The largest absolute Gasteiger partial charge is 0.382 e. The van der Waals surface area contributed by atoms with Gasteiger partial charge < -0.3 is 20.9 Å². The Balaban J connectivity index is 1.29. The Morgan fingerprint density at radius 2 is 1.95 bits per heavy atom. The predicted molar refractivity (Wildman–Crippen MR) is 172 cm³/mol. The summed E-state index contributed by atoms with van der Waals surface area (Å²) in [6.45, 7) is 1.35. The van der Waals surface area contributed by atoms with Crippen molar-refractivity contribution in [1.29, 1.82) is 0 Å². The first kappa shape index (κ1) is 28.3. The number of amides is 2. The van der Waals surface area contributed by atoms with Gasteiger partial charge in [0.15, 0.2) is 0 Å². The number of benzene rings is 2. The Morgan fingerprint density at radius 1 is 1.12 bits per heavy atom. The van der Waals surface area contributed by atoms with Gasteiger partial charge in [-0.3, -0.25) is 14.0 Å². The Labute approximate surface area is 254 Å². The fraction of sp³-hybridized carbons (Fsp3) is 0.212. The minimum atomic E-state index is -0.224. The highest BCUT2D eigenvalue weighted by atomic mass is 32.1. The second-order valence-corrected chi connectivity index (χ2v) is 11.7. The monoisotopic (exact) mass is 591 g/mol. The maximum absolute atomic E-state index is 13.3. The normalized spacial score (nSPS) is 15.1. The molecule has 10 heteroatoms. The Kier molecular flexibility index (Phi) is 8.04. The summed E-state index contributed by atoms with van der Waals surface area (Å²) in [6.07, 6.45) is 8.67. The number of thiophene rings is 1. The third-order valence-electron chi connectivity index (χ3n) is 7.52. The molecule has 9 nitrogen and oxygen atoms in total. The Bertz CT molecular complexity index is 1790. The van der Waals surface area contributed by atoms with Gasteiger partial charge in [0.05, 0.1) is 6.04 Å². The molecule has 1 saturated heterocycles. The highest BCUT2D eigenvalue weighted by Crippen LogP contribution is 2.37. The van der Waals surface area contributed by atoms with Crippen LogP contribution in [0.5, 0.6) is 0 Å². The van der Waals surface area contributed by atoms with E-state index in [1.165, 1.54) is 4.88 Å². The lowest BCUT2D eigenvalue weighted by Gasteiger charge is -2.22. The molecule has 0 spiro atoms. The van der Waals surface area contributed by atoms with Crippen LogP contribution in [0.2, 0.25) is 0 Å². The number of aromatic nitrogens is 3. The molecule has 1 atom stereocenters. The minimum absolute atomic E-state index is 0.0354. The van der Waals surface area contributed by atoms with Crippen LogP contribution in [-0.2, 0) is 4.79 Å². The number of likely N-dealkylation sites (N-methyl/N-ethyl adjacent to an activating group) is 1. The Morgan fingerprint density at radius 3 is 2.72 bits per heavy atom. The number of anilines is 2. The maximum atomic E-state index is 13.3. The second-order valence-electron chi connectivity index (χ2n) is 10.8. The number of imidazole rings is 1. The summed E-state index contributed by atoms with van der Waals surface area (Å²) in [5.74, 6) is 0.801. The van der Waals surface area contributed by atoms with Gasteiger partial charge in [-0.1, -0.05) is 36.4 Å². The van der Waals surface area contributed by atoms with Crippen LogP contribution in [0, 0.1) is 0 Å². The van der Waals surface area contributed by atoms with E-state index in [2.05, 4.69) is 16.4 Å². The van der Waals surface area contributed by atoms with E-state index < -0.39 is 0 Å². The lowest BCUT2D eigenvalue weighted by molar-refractivity contribution is -0.127. The summed E-state index contributed by atoms with van der Waals surface area (Å²) in [5, 5.41) is 5.04. The summed E-state index contributed by atoms with van der Waals surface area (Å²) >= 11 is 1.68. The number of likely N-dealkylation sites (tertiary alicyclic amines) is 1. The lowest BCUT2D eigenvalue weighted by Crippen LogP contribution is -2.30. The number of carbonyl (C=O) groups is 2. The summed E-state index contributed by atoms with van der Waals surface area (Å²) in [4.78, 5) is 40.8. The molecule has 0 unspecified atom stereocenters. The van der Waals surface area contributed by atoms with Gasteiger partial charge in [-0.2, -0.15) is 0 Å². The van der Waals surface area contributed by atoms with Crippen LogP contribution in [0.25, 0.3) is 27.2 Å². The van der Waals surface area contributed by atoms with Crippen LogP contribution in [0.4, 0.5) is 11.5 Å². The number of hydrogen-bond acceptors (Lipinski definition) is 7. The van der Waals surface area contributed by atoms with E-state index in [0.717, 1.165) is 29.8 Å². The topological polar surface area (TPSA) is 109 Å². The van der Waals surface area contributed by atoms with Crippen molar-refractivity contribution in [3.05, 3.63) is 102 Å². The Hall–Kier alpha value is -4.80. The van der Waals surface area contributed by atoms with Crippen molar-refractivity contribution < 1.29 is 9.59 Å². The zero-order valence-corrected chi connectivity index (χ0v) is 24.9. The molecule has 0 saturated carbocycles. The van der Waals surface area contributed by atoms with Gasteiger partial charge in [-0.25, -0.2) is 9.97 Å². The molecule has 2 amide bonds. The van der Waals surface area contributed by atoms with Crippen LogP contribution < -0.4 is 11.1 Å². The maximum Gasteiger partial charge on any atom is 0.255 e. The summed E-state index contributed by atoms with van der Waals surface area (Å²) in [7, 11) is 3.93. The first-order chi connectivity index (χ1) is 20.9. The third kappa shape index (κ3) is 5.93. The zero-order valence-electron chi connectivity index (χ0n) is 24.1. The summed E-state index contributed by atoms with van der Waals surface area (Å²) in [5.41, 5.74) is 10.7. The molecule has 0 radical (unpaired) electrons. The van der Waals surface area contributed by atoms with Crippen molar-refractivity contribution in [2.75, 3.05) is 38.2 Å². The molecule has 4 heterocycles. The molecule has 1 aliphatic heterocycles. The van der Waals surface area contributed by atoms with Gasteiger partial charge in [-0.05, 0) is 68.2 Å². The smallest absolute Gasteiger partial charge is 0.255 e. The molecule has 218 valence electrons. The van der Waals surface area contributed by atoms with Gasteiger partial charge in [0.25, 0.3) is 5.91 Å². The average Bonchev–Trinajstić information content (AvgIpc) is 3.78. The van der Waals surface area contributed by atoms with E-state index in [-0.39, 0.29) is 17.9 Å². The molecule has 6 rings (SSSR count). The number of nitrogens with zero attached hydrogens (tertiary/aromatic N) is 5. The quantitative estimate of drug-likeness (QED) is 0.223. The standard InChI is InChI=1S/C33H33N7O2S/c1-38(2)17-5-11-28(41)39-18-4-9-26(39)32-37-29(30-31(34)35-16-19-40(30)32)23-7-3-8-24(21-23)33(42)36-25-14-12-22(13-15-25)27-10-6-20-43-27/h3,5-8,10-16,19-21,26H,4,9,17-18H2,1-2H3,(H2,34,35)(H,36,42)/b11-5+/t26-/m0/s1. The van der Waals surface area contributed by atoms with Gasteiger partial charge in [0.2, 0.25) is 5.91 Å². The molecule has 3 N–H and O–H groups in total. The van der Waals surface area contributed by atoms with E-state index >= 15 is 0 Å². The molecule has 3 aromatic heterocycles. The van der Waals surface area contributed by atoms with Crippen LogP contribution in [0.1, 0.15) is 35.1 Å². The molecule has 0 bridgehead atoms. The fourth-order valence-electron chi connectivity index (χ4n) is 5.45. The average molecular weight is 592 g/mol. The van der Waals surface area contributed by atoms with Crippen molar-refractivity contribution in [3.8, 4) is 21.7 Å². The number of hydrogen-bond donors (Lipinski definition) is 2. The summed E-state index contributed by atoms with van der Waals surface area (Å²) < 4.78 is 1.93. The fourth-order valence-corrected chi connectivity index (χ4v) is 6.19. The van der Waals surface area contributed by atoms with E-state index in [1.54, 1.807) is 29.7 Å². The lowest BCUT2D eigenvalue weighted by atomic mass is 10.1. The first-order valence-electron chi connectivity index (χ1n) is 14.2. The number of nitrogens with two attached hydrogens (primary N) is 1. The van der Waals surface area contributed by atoms with Crippen LogP contribution >= 0.6 is 11.3 Å². The van der Waals surface area contributed by atoms with Crippen LogP contribution in [0.3, 0.4) is 0 Å². The molecule has 43 heavy (non-hydrogen) atoms. The minimum Gasteiger partial charge on any atom is -0.382 e. The van der Waals surface area contributed by atoms with Crippen molar-refractivity contribution in [2.24, 2.45) is 0 Å². The highest BCUT2D eigenvalue weighted by molar-refractivity contribution is 7.13. The van der Waals surface area contributed by atoms with Gasteiger partial charge in [-0.15, -0.1) is 11.3 Å². The zero-order chi connectivity index (χ0) is 29.9. The molecular formula is C33H33N7O2S. The molecule has 1 fully saturated rings. The van der Waals surface area contributed by atoms with Crippen molar-refractivity contribution >= 4 is 40.2 Å². The van der Waals surface area contributed by atoms with Gasteiger partial charge in [0.1, 0.15) is 22.9 Å². The number of nitrogens with one attached hydrogen (secondary N) is 1. The molecule has 0 aliphatic carbocycles. The van der Waals surface area contributed by atoms with E-state index in [0.29, 0.717) is 41.4 Å². The van der Waals surface area contributed by atoms with E-state index in [9.17, 15) is 9.59 Å². The highest BCUT2D eigenvalue weighted by Gasteiger charge is 2.33. The van der Waals surface area contributed by atoms with Crippen molar-refractivity contribution in [3.63, 3.8) is 0 Å². The summed E-state index contributed by atoms with van der Waals surface area (Å²) in [6, 6.07) is 19.0. The van der Waals surface area contributed by atoms with Crippen molar-refractivity contribution in [1.82, 2.24) is 24.2 Å². The van der Waals surface area contributed by atoms with Crippen LogP contribution in [0.15, 0.2) is 90.6 Å². The predicted octanol–water partition coefficient (Wildman–Crippen LogP) is 5.74. The third-order valence-corrected chi connectivity index (χ3v) is 8.44. The molecule has 2 aromatic carbocycles.